The molecule has 36 heavy (non-hydrogen) atoms. The van der Waals surface area contributed by atoms with E-state index in [0.717, 1.165) is 54.4 Å². The van der Waals surface area contributed by atoms with Crippen molar-refractivity contribution >= 4 is 35.1 Å². The summed E-state index contributed by atoms with van der Waals surface area (Å²) in [6.45, 7) is 6.02. The summed E-state index contributed by atoms with van der Waals surface area (Å²) in [6.07, 6.45) is 4.34. The molecule has 2 aromatic carbocycles. The van der Waals surface area contributed by atoms with E-state index in [1.54, 1.807) is 11.8 Å². The molecule has 0 radical (unpaired) electrons. The van der Waals surface area contributed by atoms with Crippen LogP contribution in [0.2, 0.25) is 0 Å². The van der Waals surface area contributed by atoms with E-state index in [1.807, 2.05) is 70.3 Å². The van der Waals surface area contributed by atoms with Gasteiger partial charge in [0.15, 0.2) is 5.16 Å². The van der Waals surface area contributed by atoms with Gasteiger partial charge in [0.2, 0.25) is 0 Å². The molecule has 0 bridgehead atoms. The maximum Gasteiger partial charge on any atom is 0.273 e. The van der Waals surface area contributed by atoms with E-state index in [-0.39, 0.29) is 5.91 Å². The zero-order valence-electron chi connectivity index (χ0n) is 20.2. The van der Waals surface area contributed by atoms with Crippen LogP contribution in [0.1, 0.15) is 26.9 Å². The van der Waals surface area contributed by atoms with Crippen molar-refractivity contribution in [1.82, 2.24) is 29.5 Å². The molecular formula is C27H28N6OS2. The molecule has 2 aromatic heterocycles. The maximum atomic E-state index is 13.0. The number of piperazine rings is 1. The number of thiazole rings is 1. The highest BCUT2D eigenvalue weighted by Crippen LogP contribution is 2.26. The molecule has 0 unspecified atom stereocenters. The first kappa shape index (κ1) is 24.4. The topological polar surface area (TPSA) is 67.2 Å². The van der Waals surface area contributed by atoms with E-state index in [0.29, 0.717) is 11.4 Å². The van der Waals surface area contributed by atoms with Crippen LogP contribution < -0.4 is 0 Å². The maximum absolute atomic E-state index is 13.0. The monoisotopic (exact) mass is 516 g/mol. The third kappa shape index (κ3) is 5.92. The molecule has 0 atom stereocenters. The number of nitrogens with zero attached hydrogens (tertiary/aromatic N) is 6. The van der Waals surface area contributed by atoms with Gasteiger partial charge in [0.05, 0.1) is 5.75 Å². The minimum Gasteiger partial charge on any atom is -0.335 e. The van der Waals surface area contributed by atoms with E-state index in [9.17, 15) is 4.79 Å². The first-order valence-corrected chi connectivity index (χ1v) is 13.8. The molecule has 0 saturated carbocycles. The van der Waals surface area contributed by atoms with Gasteiger partial charge in [-0.2, -0.15) is 0 Å². The largest absolute Gasteiger partial charge is 0.335 e. The molecule has 3 heterocycles. The fourth-order valence-electron chi connectivity index (χ4n) is 4.11. The van der Waals surface area contributed by atoms with Crippen molar-refractivity contribution in [2.24, 2.45) is 0 Å². The molecule has 1 aliphatic heterocycles. The Labute approximate surface area is 219 Å². The number of aryl methyl sites for hydroxylation is 1. The van der Waals surface area contributed by atoms with Crippen molar-refractivity contribution < 1.29 is 4.79 Å². The molecule has 1 fully saturated rings. The van der Waals surface area contributed by atoms with Gasteiger partial charge in [-0.1, -0.05) is 72.4 Å². The first-order valence-electron chi connectivity index (χ1n) is 12.0. The molecule has 184 valence electrons. The summed E-state index contributed by atoms with van der Waals surface area (Å²) >= 11 is 3.10. The second-order valence-electron chi connectivity index (χ2n) is 8.52. The molecule has 1 amide bonds. The summed E-state index contributed by atoms with van der Waals surface area (Å²) in [5.74, 6) is 1.50. The number of benzene rings is 2. The molecule has 0 aliphatic carbocycles. The molecular weight excluding hydrogens is 488 g/mol. The Morgan fingerprint density at radius 3 is 2.47 bits per heavy atom. The lowest BCUT2D eigenvalue weighted by molar-refractivity contribution is 0.0645. The minimum absolute atomic E-state index is 0.0188. The van der Waals surface area contributed by atoms with Crippen molar-refractivity contribution in [2.45, 2.75) is 17.8 Å². The predicted molar refractivity (Wildman–Crippen MR) is 146 cm³/mol. The van der Waals surface area contributed by atoms with Crippen molar-refractivity contribution in [1.29, 1.82) is 0 Å². The van der Waals surface area contributed by atoms with Gasteiger partial charge in [-0.3, -0.25) is 14.3 Å². The summed E-state index contributed by atoms with van der Waals surface area (Å²) in [7, 11) is 0. The molecule has 7 nitrogen and oxygen atoms in total. The number of carbonyl (C=O) groups is 1. The van der Waals surface area contributed by atoms with Gasteiger partial charge in [-0.05, 0) is 24.6 Å². The second-order valence-corrected chi connectivity index (χ2v) is 10.4. The van der Waals surface area contributed by atoms with E-state index >= 15 is 0 Å². The fraction of sp³-hybridized carbons (Fsp3) is 0.259. The molecule has 5 rings (SSSR count). The van der Waals surface area contributed by atoms with Crippen LogP contribution in [0.3, 0.4) is 0 Å². The standard InChI is InChI=1S/C27H28N6OS2/c1-21-29-30-27(33(21)23-12-6-3-7-13-23)36-20-25-28-24(19-35-25)26(34)32-17-15-31(16-18-32)14-8-11-22-9-4-2-5-10-22/h2-13,19H,14-18,20H2,1H3. The summed E-state index contributed by atoms with van der Waals surface area (Å²) in [5, 5.41) is 12.2. The number of rotatable bonds is 8. The van der Waals surface area contributed by atoms with Crippen molar-refractivity contribution in [3.63, 3.8) is 0 Å². The molecule has 0 spiro atoms. The quantitative estimate of drug-likeness (QED) is 0.314. The van der Waals surface area contributed by atoms with Gasteiger partial charge in [0, 0.05) is 43.8 Å². The van der Waals surface area contributed by atoms with Crippen molar-refractivity contribution in [2.75, 3.05) is 32.7 Å². The highest BCUT2D eigenvalue weighted by molar-refractivity contribution is 7.98. The lowest BCUT2D eigenvalue weighted by Gasteiger charge is -2.33. The van der Waals surface area contributed by atoms with Crippen LogP contribution in [0.25, 0.3) is 11.8 Å². The number of carbonyl (C=O) groups excluding carboxylic acids is 1. The Morgan fingerprint density at radius 1 is 1.00 bits per heavy atom. The van der Waals surface area contributed by atoms with Crippen LogP contribution in [0.4, 0.5) is 0 Å². The van der Waals surface area contributed by atoms with E-state index in [2.05, 4.69) is 44.4 Å². The van der Waals surface area contributed by atoms with Crippen molar-refractivity contribution in [3.8, 4) is 5.69 Å². The van der Waals surface area contributed by atoms with Gasteiger partial charge in [-0.25, -0.2) is 4.98 Å². The normalized spacial score (nSPS) is 14.5. The first-order chi connectivity index (χ1) is 17.7. The predicted octanol–water partition coefficient (Wildman–Crippen LogP) is 4.80. The van der Waals surface area contributed by atoms with E-state index in [1.165, 1.54) is 16.9 Å². The summed E-state index contributed by atoms with van der Waals surface area (Å²) in [5.41, 5.74) is 2.78. The second kappa shape index (κ2) is 11.6. The average molecular weight is 517 g/mol. The lowest BCUT2D eigenvalue weighted by atomic mass is 10.2. The van der Waals surface area contributed by atoms with Crippen LogP contribution in [-0.4, -0.2) is 68.2 Å². The third-order valence-electron chi connectivity index (χ3n) is 6.04. The van der Waals surface area contributed by atoms with Gasteiger partial charge < -0.3 is 4.90 Å². The summed E-state index contributed by atoms with van der Waals surface area (Å²) < 4.78 is 2.04. The SMILES string of the molecule is Cc1nnc(SCc2nc(C(=O)N3CCN(CC=Cc4ccccc4)CC3)cs2)n1-c1ccccc1. The number of amides is 1. The zero-order chi connectivity index (χ0) is 24.7. The minimum atomic E-state index is 0.0188. The van der Waals surface area contributed by atoms with Gasteiger partial charge >= 0.3 is 0 Å². The van der Waals surface area contributed by atoms with Crippen LogP contribution in [0.5, 0.6) is 0 Å². The Balaban J connectivity index is 1.12. The Morgan fingerprint density at radius 2 is 1.72 bits per heavy atom. The molecule has 9 heteroatoms. The lowest BCUT2D eigenvalue weighted by Crippen LogP contribution is -2.48. The van der Waals surface area contributed by atoms with E-state index in [4.69, 9.17) is 0 Å². The van der Waals surface area contributed by atoms with Gasteiger partial charge in [0.1, 0.15) is 16.5 Å². The molecule has 1 aliphatic rings. The smallest absolute Gasteiger partial charge is 0.273 e. The van der Waals surface area contributed by atoms with Crippen LogP contribution >= 0.6 is 23.1 Å². The number of hydrogen-bond acceptors (Lipinski definition) is 7. The zero-order valence-corrected chi connectivity index (χ0v) is 21.8. The summed E-state index contributed by atoms with van der Waals surface area (Å²) in [6, 6.07) is 20.4. The van der Waals surface area contributed by atoms with Gasteiger partial charge in [-0.15, -0.1) is 21.5 Å². The Bertz CT molecular complexity index is 1310. The number of aromatic nitrogens is 4. The highest BCUT2D eigenvalue weighted by Gasteiger charge is 2.23. The van der Waals surface area contributed by atoms with Crippen LogP contribution in [-0.2, 0) is 5.75 Å². The highest BCUT2D eigenvalue weighted by atomic mass is 32.2. The third-order valence-corrected chi connectivity index (χ3v) is 8.01. The van der Waals surface area contributed by atoms with Crippen LogP contribution in [0, 0.1) is 6.92 Å². The van der Waals surface area contributed by atoms with Gasteiger partial charge in [0.25, 0.3) is 5.91 Å². The van der Waals surface area contributed by atoms with Crippen molar-refractivity contribution in [3.05, 3.63) is 94.2 Å². The van der Waals surface area contributed by atoms with E-state index < -0.39 is 0 Å². The number of para-hydroxylation sites is 1. The van der Waals surface area contributed by atoms with Crippen LogP contribution in [0.15, 0.2) is 77.3 Å². The molecule has 4 aromatic rings. The number of hydrogen-bond donors (Lipinski definition) is 0. The Kier molecular flexibility index (Phi) is 7.90. The average Bonchev–Trinajstić information content (AvgIpc) is 3.55. The number of thioether (sulfide) groups is 1. The summed E-state index contributed by atoms with van der Waals surface area (Å²) in [4.78, 5) is 22.0. The fourth-order valence-corrected chi connectivity index (χ4v) is 5.89. The molecule has 1 saturated heterocycles. The Hall–Kier alpha value is -3.27. The molecule has 0 N–H and O–H groups in total.